The van der Waals surface area contributed by atoms with Gasteiger partial charge >= 0.3 is 171 Å². The van der Waals surface area contributed by atoms with Gasteiger partial charge in [-0.05, 0) is 24.2 Å². The van der Waals surface area contributed by atoms with Crippen LogP contribution in [0.5, 0.6) is 0 Å². The first-order chi connectivity index (χ1) is 26.9. The Kier molecular flexibility index (Phi) is 6.55. The molecule has 6 heteroatoms. The summed E-state index contributed by atoms with van der Waals surface area (Å²) in [4.78, 5) is 8.55. The van der Waals surface area contributed by atoms with Crippen LogP contribution >= 0.6 is 0 Å². The first-order valence-corrected chi connectivity index (χ1v) is 21.9. The fourth-order valence-electron chi connectivity index (χ4n) is 5.27. The summed E-state index contributed by atoms with van der Waals surface area (Å²) < 4.78 is 115. The Morgan fingerprint density at radius 1 is 0.766 bits per heavy atom. The van der Waals surface area contributed by atoms with Crippen molar-refractivity contribution in [3.05, 3.63) is 138 Å². The molecule has 1 radical (unpaired) electrons. The molecule has 0 amide bonds. The summed E-state index contributed by atoms with van der Waals surface area (Å²) in [6.07, 6.45) is 2.49. The number of furan rings is 1. The predicted octanol–water partition coefficient (Wildman–Crippen LogP) is 10.6. The van der Waals surface area contributed by atoms with Gasteiger partial charge in [0.05, 0.1) is 5.58 Å². The Morgan fingerprint density at radius 3 is 2.23 bits per heavy atom. The van der Waals surface area contributed by atoms with Crippen molar-refractivity contribution in [2.24, 2.45) is 0 Å². The third kappa shape index (κ3) is 7.18. The number of aryl methyl sites for hydroxylation is 4. The van der Waals surface area contributed by atoms with Gasteiger partial charge in [0.1, 0.15) is 5.58 Å². The summed E-state index contributed by atoms with van der Waals surface area (Å²) in [5.41, 5.74) is 2.67. The molecule has 3 nitrogen and oxygen atoms in total. The molecule has 0 saturated heterocycles. The molecular weight excluding hydrogens is 820 g/mol. The zero-order valence-corrected chi connectivity index (χ0v) is 30.2. The maximum absolute atomic E-state index is 14.5. The topological polar surface area (TPSA) is 38.9 Å². The monoisotopic (exact) mass is 871 g/mol. The van der Waals surface area contributed by atoms with E-state index in [1.807, 2.05) is 53.7 Å². The van der Waals surface area contributed by atoms with Crippen LogP contribution in [0.25, 0.3) is 55.6 Å². The summed E-state index contributed by atoms with van der Waals surface area (Å²) in [5.74, 6) is 5.69. The zero-order valence-electron chi connectivity index (χ0n) is 37.8. The van der Waals surface area contributed by atoms with Crippen molar-refractivity contribution >= 4 is 39.6 Å². The second kappa shape index (κ2) is 14.1. The minimum Gasteiger partial charge on any atom is 0 e. The molecule has 3 aromatic heterocycles. The van der Waals surface area contributed by atoms with E-state index in [-0.39, 0.29) is 65.0 Å². The average Bonchev–Trinajstić information content (AvgIpc) is 3.52. The summed E-state index contributed by atoms with van der Waals surface area (Å²) in [7, 11) is 0. The molecule has 0 aliphatic heterocycles. The molecule has 0 aliphatic rings. The molecule has 0 bridgehead atoms. The molecule has 0 unspecified atom stereocenters. The molecule has 4 aromatic carbocycles. The number of rotatable bonds is 4. The molecule has 7 aromatic rings. The van der Waals surface area contributed by atoms with Crippen molar-refractivity contribution in [3.8, 4) is 33.6 Å². The fraction of sp³-hybridized carbons (Fsp3) is 0.171. The maximum atomic E-state index is 14.5. The van der Waals surface area contributed by atoms with Gasteiger partial charge in [-0.2, -0.15) is 0 Å². The number of benzene rings is 4. The van der Waals surface area contributed by atoms with Gasteiger partial charge in [-0.15, -0.1) is 18.2 Å². The van der Waals surface area contributed by atoms with Crippen LogP contribution in [0.2, 0.25) is 17.3 Å². The Balaban J connectivity index is 0.000000238. The van der Waals surface area contributed by atoms with Gasteiger partial charge in [0.2, 0.25) is 0 Å². The summed E-state index contributed by atoms with van der Waals surface area (Å²) in [6, 6.07) is 29.0. The van der Waals surface area contributed by atoms with Gasteiger partial charge < -0.3 is 9.40 Å². The van der Waals surface area contributed by atoms with Crippen LogP contribution in [0.1, 0.15) is 38.7 Å². The molecule has 7 rings (SSSR count). The van der Waals surface area contributed by atoms with Gasteiger partial charge in [-0.25, -0.2) is 0 Å². The Morgan fingerprint density at radius 2 is 1.53 bits per heavy atom. The number of halogens is 1. The van der Waals surface area contributed by atoms with Crippen LogP contribution in [0.3, 0.4) is 0 Å². The van der Waals surface area contributed by atoms with E-state index in [4.69, 9.17) is 20.9 Å². The molecule has 47 heavy (non-hydrogen) atoms. The summed E-state index contributed by atoms with van der Waals surface area (Å²) in [6.45, 7) is -10.3. The first kappa shape index (κ1) is 21.9. The number of para-hydroxylation sites is 1. The van der Waals surface area contributed by atoms with E-state index in [2.05, 4.69) is 22.1 Å². The molecule has 0 fully saturated rings. The van der Waals surface area contributed by atoms with E-state index < -0.39 is 40.7 Å². The van der Waals surface area contributed by atoms with Crippen molar-refractivity contribution in [3.63, 3.8) is 0 Å². The van der Waals surface area contributed by atoms with E-state index in [1.165, 1.54) is 36.5 Å². The molecule has 0 atom stereocenters. The normalized spacial score (nSPS) is 16.1. The van der Waals surface area contributed by atoms with E-state index in [0.717, 1.165) is 28.1 Å². The van der Waals surface area contributed by atoms with Crippen LogP contribution in [0, 0.1) is 45.4 Å². The van der Waals surface area contributed by atoms with Gasteiger partial charge in [-0.1, -0.05) is 41.3 Å². The van der Waals surface area contributed by atoms with Gasteiger partial charge in [0.25, 0.3) is 0 Å². The van der Waals surface area contributed by atoms with Gasteiger partial charge in [-0.3, -0.25) is 0 Å². The van der Waals surface area contributed by atoms with Crippen molar-refractivity contribution in [1.82, 2.24) is 9.97 Å². The maximum Gasteiger partial charge on any atom is 0 e. The molecule has 0 saturated carbocycles. The van der Waals surface area contributed by atoms with Crippen LogP contribution in [-0.2, 0) is 20.1 Å². The van der Waals surface area contributed by atoms with Crippen LogP contribution in [-0.4, -0.2) is 23.2 Å². The van der Waals surface area contributed by atoms with E-state index in [1.54, 1.807) is 18.2 Å². The first-order valence-electron chi connectivity index (χ1n) is 20.5. The van der Waals surface area contributed by atoms with Gasteiger partial charge in [0.15, 0.2) is 0 Å². The van der Waals surface area contributed by atoms with Gasteiger partial charge in [0, 0.05) is 35.8 Å². The third-order valence-electron chi connectivity index (χ3n) is 7.58. The van der Waals surface area contributed by atoms with Crippen molar-refractivity contribution < 1.29 is 45.4 Å². The van der Waals surface area contributed by atoms with Crippen molar-refractivity contribution in [2.45, 2.75) is 44.7 Å². The zero-order chi connectivity index (χ0) is 42.6. The van der Waals surface area contributed by atoms with Crippen molar-refractivity contribution in [1.29, 1.82) is 0 Å². The second-order valence-electron chi connectivity index (χ2n) is 11.8. The minimum atomic E-state index is -2.71. The number of pyridine rings is 2. The Hall–Kier alpha value is -3.90. The number of nitrogens with zero attached hydrogens (tertiary/aromatic N) is 2. The van der Waals surface area contributed by atoms with E-state index in [9.17, 15) is 4.39 Å². The molecule has 3 heterocycles. The predicted molar refractivity (Wildman–Crippen MR) is 192 cm³/mol. The van der Waals surface area contributed by atoms with E-state index >= 15 is 0 Å². The van der Waals surface area contributed by atoms with E-state index in [0.29, 0.717) is 21.2 Å². The number of hydrogen-bond acceptors (Lipinski definition) is 3. The summed E-state index contributed by atoms with van der Waals surface area (Å²) in [5, 5.41) is 2.04. The van der Waals surface area contributed by atoms with Crippen LogP contribution in [0.4, 0.5) is 4.39 Å². The molecule has 0 N–H and O–H groups in total. The summed E-state index contributed by atoms with van der Waals surface area (Å²) >= 11 is -2.63. The Bertz CT molecular complexity index is 2600. The largest absolute Gasteiger partial charge is 0 e. The average molecular weight is 870 g/mol. The second-order valence-corrected chi connectivity index (χ2v) is 22.4. The molecular formula is C41H37FGeIrN2O-2. The van der Waals surface area contributed by atoms with Crippen molar-refractivity contribution in [2.75, 3.05) is 0 Å². The molecule has 0 spiro atoms. The number of aromatic nitrogens is 2. The Labute approximate surface area is 309 Å². The fourth-order valence-corrected chi connectivity index (χ4v) is 8.14. The SMILES string of the molecule is [2H]C([2H])([2H])c1ccc(-c2[c-]ccc3c2oc2ccccc23)nc1.[2H]C([2H])([2H])c1cnc(-c2[c-]cc(F)[c]([Ge]([CH3])([CH3])[CH3])c2)cc1-c1c(C([2H])([2H])[2H])cccc1C([2H])([2H])[2H].[Ir]. The smallest absolute Gasteiger partial charge is 0 e. The van der Waals surface area contributed by atoms with Crippen LogP contribution in [0.15, 0.2) is 102 Å². The minimum absolute atomic E-state index is 0. The van der Waals surface area contributed by atoms with Crippen LogP contribution < -0.4 is 4.40 Å². The third-order valence-corrected chi connectivity index (χ3v) is 11.8. The standard InChI is InChI=1S/C23H25FGeN.C18H12NO.Ir/c1-15-8-7-9-16(2)23(15)19-13-22(26-14-17(19)3)18-10-11-20(24)21(12-18)25(4,5)6;1-12-9-10-16(19-11-12)15-7-4-6-14-13-5-2-3-8-17(13)20-18(14)15;/h7-9,11-14H,1-6H3;2-6,8-11H,1H3;/q2*-1;/i1D3,2D3,3D3;1D3;. The number of fused-ring (bicyclic) bond motifs is 3. The number of hydrogen-bond donors (Lipinski definition) is 0. The molecule has 239 valence electrons. The molecule has 0 aliphatic carbocycles. The quantitative estimate of drug-likeness (QED) is 0.131.